The zero-order valence-corrected chi connectivity index (χ0v) is 48.9. The molecule has 0 aromatic rings. The van der Waals surface area contributed by atoms with Gasteiger partial charge >= 0.3 is 0 Å². The lowest BCUT2D eigenvalue weighted by molar-refractivity contribution is -0.359. The molecule has 0 radical (unpaired) electrons. The lowest BCUT2D eigenvalue weighted by Crippen LogP contribution is -2.65. The first kappa shape index (κ1) is 71.8. The summed E-state index contributed by atoms with van der Waals surface area (Å²) in [6.45, 7) is 2.70. The number of aliphatic hydroxyl groups is 8. The fourth-order valence-electron chi connectivity index (χ4n) is 10.2. The molecule has 14 nitrogen and oxygen atoms in total. The number of hydrogen-bond acceptors (Lipinski definition) is 13. The minimum absolute atomic E-state index is 0.244. The van der Waals surface area contributed by atoms with Crippen molar-refractivity contribution in [1.29, 1.82) is 0 Å². The molecule has 0 saturated carbocycles. The summed E-state index contributed by atoms with van der Waals surface area (Å²) in [7, 11) is 0. The summed E-state index contributed by atoms with van der Waals surface area (Å²) in [5.74, 6) is -0.244. The Morgan fingerprint density at radius 1 is 0.474 bits per heavy atom. The first-order valence-corrected chi connectivity index (χ1v) is 31.5. The Morgan fingerprint density at radius 2 is 0.885 bits per heavy atom. The summed E-state index contributed by atoms with van der Waals surface area (Å²) in [4.78, 5) is 13.3. The first-order chi connectivity index (χ1) is 38.1. The second kappa shape index (κ2) is 49.3. The van der Waals surface area contributed by atoms with Gasteiger partial charge in [0, 0.05) is 6.42 Å². The molecule has 78 heavy (non-hydrogen) atoms. The third-order valence-electron chi connectivity index (χ3n) is 15.2. The number of unbranched alkanes of at least 4 members (excludes halogenated alkanes) is 29. The van der Waals surface area contributed by atoms with E-state index in [2.05, 4.69) is 67.8 Å². The highest BCUT2D eigenvalue weighted by Crippen LogP contribution is 2.30. The molecular formula is C64H115NO13. The van der Waals surface area contributed by atoms with Crippen LogP contribution in [0.2, 0.25) is 0 Å². The molecule has 0 aromatic heterocycles. The fraction of sp³-hybridized carbons (Fsp3) is 0.828. The zero-order valence-electron chi connectivity index (χ0n) is 48.9. The van der Waals surface area contributed by atoms with Crippen molar-refractivity contribution in [3.05, 3.63) is 60.8 Å². The largest absolute Gasteiger partial charge is 0.394 e. The monoisotopic (exact) mass is 1110 g/mol. The zero-order chi connectivity index (χ0) is 56.7. The number of aliphatic hydroxyl groups excluding tert-OH is 8. The maximum atomic E-state index is 13.3. The van der Waals surface area contributed by atoms with Gasteiger partial charge in [-0.1, -0.05) is 242 Å². The SMILES string of the molecule is CC/C=C\C/C=C\C/C=C\C/C=C\CCCCCCCCCCCCC(=O)NC(COC1OC(CO)C(OC2OC(CO)C(O)C(O)C2O)C(O)C1O)C(O)/C=C/CCCCCCCCCCCCCCCCCCCCC. The molecule has 2 heterocycles. The number of amides is 1. The molecule has 0 bridgehead atoms. The molecule has 1 amide bonds. The van der Waals surface area contributed by atoms with Gasteiger partial charge in [-0.25, -0.2) is 0 Å². The molecule has 0 aliphatic carbocycles. The van der Waals surface area contributed by atoms with Crippen molar-refractivity contribution >= 4 is 5.91 Å². The van der Waals surface area contributed by atoms with Crippen molar-refractivity contribution in [3.8, 4) is 0 Å². The lowest BCUT2D eigenvalue weighted by Gasteiger charge is -2.46. The molecular weight excluding hydrogens is 991 g/mol. The predicted molar refractivity (Wildman–Crippen MR) is 314 cm³/mol. The standard InChI is InChI=1S/C64H115NO13/c1-3-5-7-9-11-13-15-17-19-21-23-25-26-28-30-32-34-36-38-40-42-44-46-48-56(69)65-52(53(68)47-45-43-41-39-37-35-33-31-29-27-24-22-20-18-16-14-12-10-8-6-4-2)51-75-63-61(74)59(72)62(55(50-67)77-63)78-64-60(73)58(71)57(70)54(49-66)76-64/h5,7,11,13,17,19,23,25,45,47,52-55,57-64,66-68,70-74H,3-4,6,8-10,12,14-16,18,20-22,24,26-44,46,48-51H2,1-2H3,(H,65,69)/b7-5-,13-11-,19-17-,25-23-,47-45+. The van der Waals surface area contributed by atoms with Crippen LogP contribution in [0, 0.1) is 0 Å². The van der Waals surface area contributed by atoms with Crippen molar-refractivity contribution in [2.24, 2.45) is 0 Å². The van der Waals surface area contributed by atoms with Crippen LogP contribution in [0.4, 0.5) is 0 Å². The molecule has 2 fully saturated rings. The Morgan fingerprint density at radius 3 is 1.36 bits per heavy atom. The molecule has 2 aliphatic heterocycles. The van der Waals surface area contributed by atoms with E-state index < -0.39 is 86.8 Å². The van der Waals surface area contributed by atoms with E-state index in [-0.39, 0.29) is 18.9 Å². The van der Waals surface area contributed by atoms with Crippen LogP contribution in [0.1, 0.15) is 245 Å². The van der Waals surface area contributed by atoms with Crippen LogP contribution in [0.3, 0.4) is 0 Å². The van der Waals surface area contributed by atoms with Gasteiger partial charge in [0.2, 0.25) is 5.91 Å². The molecule has 454 valence electrons. The molecule has 9 N–H and O–H groups in total. The van der Waals surface area contributed by atoms with Crippen molar-refractivity contribution in [2.75, 3.05) is 19.8 Å². The number of ether oxygens (including phenoxy) is 4. The van der Waals surface area contributed by atoms with E-state index in [9.17, 15) is 45.6 Å². The van der Waals surface area contributed by atoms with Gasteiger partial charge in [0.1, 0.15) is 48.8 Å². The summed E-state index contributed by atoms with van der Waals surface area (Å²) >= 11 is 0. The van der Waals surface area contributed by atoms with E-state index in [0.717, 1.165) is 70.6 Å². The Kier molecular flexibility index (Phi) is 45.4. The van der Waals surface area contributed by atoms with Gasteiger partial charge in [0.05, 0.1) is 32.0 Å². The van der Waals surface area contributed by atoms with Crippen LogP contribution < -0.4 is 5.32 Å². The third-order valence-corrected chi connectivity index (χ3v) is 15.2. The highest BCUT2D eigenvalue weighted by atomic mass is 16.7. The topological polar surface area (TPSA) is 228 Å². The van der Waals surface area contributed by atoms with E-state index in [1.54, 1.807) is 6.08 Å². The quantitative estimate of drug-likeness (QED) is 0.0204. The van der Waals surface area contributed by atoms with E-state index in [1.807, 2.05) is 6.08 Å². The lowest BCUT2D eigenvalue weighted by atomic mass is 9.97. The maximum Gasteiger partial charge on any atom is 0.220 e. The van der Waals surface area contributed by atoms with Crippen molar-refractivity contribution in [1.82, 2.24) is 5.32 Å². The number of carbonyl (C=O) groups is 1. The van der Waals surface area contributed by atoms with Gasteiger partial charge < -0.3 is 65.1 Å². The second-order valence-corrected chi connectivity index (χ2v) is 22.2. The molecule has 12 atom stereocenters. The van der Waals surface area contributed by atoms with Crippen LogP contribution in [-0.4, -0.2) is 140 Å². The van der Waals surface area contributed by atoms with Gasteiger partial charge in [-0.3, -0.25) is 4.79 Å². The Balaban J connectivity index is 1.75. The van der Waals surface area contributed by atoms with Crippen molar-refractivity contribution in [2.45, 2.75) is 319 Å². The average molecular weight is 1110 g/mol. The average Bonchev–Trinajstić information content (AvgIpc) is 3.48. The highest BCUT2D eigenvalue weighted by Gasteiger charge is 2.51. The molecule has 2 aliphatic rings. The number of allylic oxidation sites excluding steroid dienone is 9. The summed E-state index contributed by atoms with van der Waals surface area (Å²) in [5.41, 5.74) is 0. The third kappa shape index (κ3) is 34.2. The minimum atomic E-state index is -1.79. The molecule has 2 saturated heterocycles. The van der Waals surface area contributed by atoms with Gasteiger partial charge in [0.15, 0.2) is 12.6 Å². The second-order valence-electron chi connectivity index (χ2n) is 22.2. The van der Waals surface area contributed by atoms with Crippen molar-refractivity contribution in [3.63, 3.8) is 0 Å². The smallest absolute Gasteiger partial charge is 0.220 e. The Bertz CT molecular complexity index is 1540. The van der Waals surface area contributed by atoms with Gasteiger partial charge in [-0.15, -0.1) is 0 Å². The van der Waals surface area contributed by atoms with Gasteiger partial charge in [0.25, 0.3) is 0 Å². The van der Waals surface area contributed by atoms with Gasteiger partial charge in [-0.2, -0.15) is 0 Å². The number of rotatable bonds is 50. The molecule has 0 spiro atoms. The van der Waals surface area contributed by atoms with Crippen LogP contribution in [0.25, 0.3) is 0 Å². The highest BCUT2D eigenvalue weighted by molar-refractivity contribution is 5.76. The fourth-order valence-corrected chi connectivity index (χ4v) is 10.2. The number of carbonyl (C=O) groups excluding carboxylic acids is 1. The predicted octanol–water partition coefficient (Wildman–Crippen LogP) is 11.3. The molecule has 12 unspecified atom stereocenters. The molecule has 0 aromatic carbocycles. The van der Waals surface area contributed by atoms with Crippen LogP contribution in [0.5, 0.6) is 0 Å². The van der Waals surface area contributed by atoms with Crippen LogP contribution in [-0.2, 0) is 23.7 Å². The minimum Gasteiger partial charge on any atom is -0.394 e. The summed E-state index contributed by atoms with van der Waals surface area (Å²) < 4.78 is 22.8. The number of hydrogen-bond donors (Lipinski definition) is 9. The number of nitrogens with one attached hydrogen (secondary N) is 1. The maximum absolute atomic E-state index is 13.3. The molecule has 2 rings (SSSR count). The summed E-state index contributed by atoms with van der Waals surface area (Å²) in [6.07, 6.45) is 46.8. The molecule has 14 heteroatoms. The Labute approximate surface area is 473 Å². The normalized spacial score (nSPS) is 24.9. The van der Waals surface area contributed by atoms with E-state index in [0.29, 0.717) is 6.42 Å². The van der Waals surface area contributed by atoms with Gasteiger partial charge in [-0.05, 0) is 57.8 Å². The van der Waals surface area contributed by atoms with E-state index in [4.69, 9.17) is 18.9 Å². The van der Waals surface area contributed by atoms with E-state index >= 15 is 0 Å². The summed E-state index contributed by atoms with van der Waals surface area (Å²) in [5, 5.41) is 87.2. The summed E-state index contributed by atoms with van der Waals surface area (Å²) in [6, 6.07) is -0.920. The van der Waals surface area contributed by atoms with Crippen molar-refractivity contribution < 1.29 is 64.6 Å². The first-order valence-electron chi connectivity index (χ1n) is 31.5. The Hall–Kier alpha value is -2.31. The van der Waals surface area contributed by atoms with Crippen LogP contribution in [0.15, 0.2) is 60.8 Å². The van der Waals surface area contributed by atoms with Crippen LogP contribution >= 0.6 is 0 Å². The van der Waals surface area contributed by atoms with E-state index in [1.165, 1.54) is 148 Å².